The minimum atomic E-state index is -1.16. The third-order valence-corrected chi connectivity index (χ3v) is 6.70. The molecule has 184 valence electrons. The fraction of sp³-hybridized carbons (Fsp3) is 0.0870. The molecule has 0 radical (unpaired) electrons. The van der Waals surface area contributed by atoms with Crippen LogP contribution in [0.15, 0.2) is 53.9 Å². The summed E-state index contributed by atoms with van der Waals surface area (Å²) in [6.07, 6.45) is 0. The smallest absolute Gasteiger partial charge is 0.323 e. The number of aromatic nitrogens is 2. The van der Waals surface area contributed by atoms with Crippen LogP contribution in [0.2, 0.25) is 0 Å². The number of anilines is 3. The van der Waals surface area contributed by atoms with Crippen molar-refractivity contribution in [1.82, 2.24) is 15.3 Å². The molecule has 0 aliphatic heterocycles. The Bertz CT molecular complexity index is 1430. The lowest BCUT2D eigenvalue weighted by Gasteiger charge is -2.08. The molecular weight excluding hydrogens is 504 g/mol. The van der Waals surface area contributed by atoms with Gasteiger partial charge in [-0.25, -0.2) is 14.8 Å². The third-order valence-electron chi connectivity index (χ3n) is 4.72. The number of carboxylic acids is 1. The van der Waals surface area contributed by atoms with Gasteiger partial charge >= 0.3 is 12.0 Å². The van der Waals surface area contributed by atoms with Crippen LogP contribution in [0.25, 0.3) is 21.1 Å². The Kier molecular flexibility index (Phi) is 7.42. The van der Waals surface area contributed by atoms with Gasteiger partial charge in [0.25, 0.3) is 5.91 Å². The van der Waals surface area contributed by atoms with Crippen LogP contribution < -0.4 is 26.4 Å². The third kappa shape index (κ3) is 5.95. The number of carbonyl (C=O) groups excluding carboxylic acids is 2. The van der Waals surface area contributed by atoms with Crippen molar-refractivity contribution in [1.29, 1.82) is 0 Å². The first-order valence-electron chi connectivity index (χ1n) is 10.4. The number of amides is 3. The summed E-state index contributed by atoms with van der Waals surface area (Å²) in [5.74, 6) is -0.652. The lowest BCUT2D eigenvalue weighted by Crippen LogP contribution is -2.33. The summed E-state index contributed by atoms with van der Waals surface area (Å²) in [6.45, 7) is -0.519. The molecule has 0 unspecified atom stereocenters. The Morgan fingerprint density at radius 2 is 1.89 bits per heavy atom. The van der Waals surface area contributed by atoms with Crippen LogP contribution in [-0.4, -0.2) is 46.6 Å². The topological polar surface area (TPSA) is 169 Å². The summed E-state index contributed by atoms with van der Waals surface area (Å²) in [6, 6.07) is 13.4. The molecule has 13 heteroatoms. The molecule has 0 aliphatic carbocycles. The van der Waals surface area contributed by atoms with Gasteiger partial charge in [-0.05, 0) is 30.3 Å². The van der Waals surface area contributed by atoms with Gasteiger partial charge in [-0.2, -0.15) is 0 Å². The van der Waals surface area contributed by atoms with Gasteiger partial charge in [0.05, 0.1) is 12.8 Å². The molecule has 3 amide bonds. The highest BCUT2D eigenvalue weighted by Gasteiger charge is 2.17. The number of thiazole rings is 2. The molecule has 11 nitrogen and oxygen atoms in total. The molecular formula is C23H20N6O5S2. The van der Waals surface area contributed by atoms with Crippen LogP contribution >= 0.6 is 22.7 Å². The molecule has 4 rings (SSSR count). The van der Waals surface area contributed by atoms with E-state index >= 15 is 0 Å². The Hall–Kier alpha value is -4.49. The fourth-order valence-electron chi connectivity index (χ4n) is 3.07. The molecule has 0 atom stereocenters. The number of ether oxygens (including phenoxy) is 1. The normalized spacial score (nSPS) is 10.5. The summed E-state index contributed by atoms with van der Waals surface area (Å²) in [5, 5.41) is 18.8. The van der Waals surface area contributed by atoms with E-state index in [1.165, 1.54) is 11.3 Å². The number of carbonyl (C=O) groups is 3. The van der Waals surface area contributed by atoms with Gasteiger partial charge < -0.3 is 26.2 Å². The summed E-state index contributed by atoms with van der Waals surface area (Å²) < 4.78 is 5.17. The van der Waals surface area contributed by atoms with Crippen LogP contribution in [0.3, 0.4) is 0 Å². The van der Waals surface area contributed by atoms with Gasteiger partial charge in [0.15, 0.2) is 5.13 Å². The number of rotatable bonds is 8. The number of methoxy groups -OCH3 is 1. The Labute approximate surface area is 213 Å². The van der Waals surface area contributed by atoms with Crippen molar-refractivity contribution >= 4 is 57.2 Å². The van der Waals surface area contributed by atoms with Gasteiger partial charge in [-0.3, -0.25) is 14.9 Å². The summed E-state index contributed by atoms with van der Waals surface area (Å²) in [5.41, 5.74) is 8.55. The molecule has 4 aromatic rings. The zero-order chi connectivity index (χ0) is 25.7. The molecule has 0 spiro atoms. The lowest BCUT2D eigenvalue weighted by atomic mass is 10.1. The van der Waals surface area contributed by atoms with Crippen molar-refractivity contribution in [2.24, 2.45) is 0 Å². The van der Waals surface area contributed by atoms with E-state index in [0.29, 0.717) is 32.6 Å². The molecule has 0 saturated carbocycles. The van der Waals surface area contributed by atoms with E-state index in [-0.39, 0.29) is 16.9 Å². The molecule has 36 heavy (non-hydrogen) atoms. The number of nitrogens with one attached hydrogen (secondary N) is 3. The molecule has 6 N–H and O–H groups in total. The van der Waals surface area contributed by atoms with Crippen LogP contribution in [0.1, 0.15) is 10.4 Å². The SMILES string of the molecule is COc1cccc(C(=O)Nc2cccc(-c3csc(-c4sc(NC(=O)NCC(=O)O)nc4N)n3)c2)c1. The highest BCUT2D eigenvalue weighted by atomic mass is 32.1. The summed E-state index contributed by atoms with van der Waals surface area (Å²) in [4.78, 5) is 44.3. The lowest BCUT2D eigenvalue weighted by molar-refractivity contribution is -0.135. The predicted molar refractivity (Wildman–Crippen MR) is 139 cm³/mol. The zero-order valence-corrected chi connectivity index (χ0v) is 20.4. The first kappa shape index (κ1) is 24.6. The maximum Gasteiger partial charge on any atom is 0.323 e. The average molecular weight is 525 g/mol. The van der Waals surface area contributed by atoms with E-state index in [1.807, 2.05) is 23.6 Å². The highest BCUT2D eigenvalue weighted by molar-refractivity contribution is 7.23. The number of nitrogens with two attached hydrogens (primary N) is 1. The zero-order valence-electron chi connectivity index (χ0n) is 18.8. The van der Waals surface area contributed by atoms with E-state index in [2.05, 4.69) is 25.9 Å². The van der Waals surface area contributed by atoms with Crippen LogP contribution in [-0.2, 0) is 4.79 Å². The van der Waals surface area contributed by atoms with E-state index in [1.54, 1.807) is 37.4 Å². The van der Waals surface area contributed by atoms with E-state index < -0.39 is 18.5 Å². The number of nitrogen functional groups attached to an aromatic ring is 1. The first-order valence-corrected chi connectivity index (χ1v) is 12.1. The van der Waals surface area contributed by atoms with E-state index in [9.17, 15) is 14.4 Å². The number of hydrogen-bond donors (Lipinski definition) is 5. The predicted octanol–water partition coefficient (Wildman–Crippen LogP) is 3.98. The standard InChI is InChI=1S/C23H20N6O5S2/c1-34-15-7-3-5-13(9-15)20(32)26-14-6-2-4-12(8-14)16-11-35-21(27-16)18-19(24)28-23(36-18)29-22(33)25-10-17(30)31/h2-9,11H,10,24H2,1H3,(H,26,32)(H,30,31)(H2,25,28,29,33). The number of aliphatic carboxylic acids is 1. The molecule has 2 aromatic carbocycles. The minimum Gasteiger partial charge on any atom is -0.497 e. The Balaban J connectivity index is 1.48. The molecule has 0 aliphatic rings. The first-order chi connectivity index (χ1) is 17.3. The summed E-state index contributed by atoms with van der Waals surface area (Å²) in [7, 11) is 1.54. The largest absolute Gasteiger partial charge is 0.497 e. The van der Waals surface area contributed by atoms with E-state index in [0.717, 1.165) is 16.9 Å². The van der Waals surface area contributed by atoms with Gasteiger partial charge in [-0.1, -0.05) is 29.5 Å². The Morgan fingerprint density at radius 3 is 2.67 bits per heavy atom. The van der Waals surface area contributed by atoms with Gasteiger partial charge in [-0.15, -0.1) is 11.3 Å². The van der Waals surface area contributed by atoms with Crippen molar-refractivity contribution in [2.75, 3.05) is 30.0 Å². The van der Waals surface area contributed by atoms with Crippen molar-refractivity contribution in [2.45, 2.75) is 0 Å². The van der Waals surface area contributed by atoms with Crippen molar-refractivity contribution < 1.29 is 24.2 Å². The van der Waals surface area contributed by atoms with E-state index in [4.69, 9.17) is 15.6 Å². The second-order valence-corrected chi connectivity index (χ2v) is 9.10. The van der Waals surface area contributed by atoms with Crippen molar-refractivity contribution in [3.63, 3.8) is 0 Å². The molecule has 0 bridgehead atoms. The molecule has 0 saturated heterocycles. The van der Waals surface area contributed by atoms with Crippen LogP contribution in [0, 0.1) is 0 Å². The summed E-state index contributed by atoms with van der Waals surface area (Å²) >= 11 is 2.47. The highest BCUT2D eigenvalue weighted by Crippen LogP contribution is 2.38. The number of nitrogens with zero attached hydrogens (tertiary/aromatic N) is 2. The molecule has 0 fully saturated rings. The second-order valence-electron chi connectivity index (χ2n) is 7.24. The maximum absolute atomic E-state index is 12.6. The van der Waals surface area contributed by atoms with Crippen molar-refractivity contribution in [3.8, 4) is 26.9 Å². The van der Waals surface area contributed by atoms with Gasteiger partial charge in [0.1, 0.15) is 28.0 Å². The maximum atomic E-state index is 12.6. The average Bonchev–Trinajstić information content (AvgIpc) is 3.49. The minimum absolute atomic E-state index is 0.189. The quantitative estimate of drug-likeness (QED) is 0.230. The Morgan fingerprint density at radius 1 is 1.08 bits per heavy atom. The van der Waals surface area contributed by atoms with Gasteiger partial charge in [0.2, 0.25) is 0 Å². The molecule has 2 heterocycles. The van der Waals surface area contributed by atoms with Gasteiger partial charge in [0, 0.05) is 22.2 Å². The second kappa shape index (κ2) is 10.8. The number of urea groups is 1. The number of hydrogen-bond acceptors (Lipinski definition) is 9. The number of benzene rings is 2. The fourth-order valence-corrected chi connectivity index (χ4v) is 4.88. The van der Waals surface area contributed by atoms with Crippen LogP contribution in [0.4, 0.5) is 21.4 Å². The number of carboxylic acid groups (broad SMARTS) is 1. The van der Waals surface area contributed by atoms with Crippen molar-refractivity contribution in [3.05, 3.63) is 59.5 Å². The monoisotopic (exact) mass is 524 g/mol. The van der Waals surface area contributed by atoms with Crippen LogP contribution in [0.5, 0.6) is 5.75 Å². The molecule has 2 aromatic heterocycles.